The molecule has 1 aromatic heterocycles. The second-order valence-corrected chi connectivity index (χ2v) is 5.97. The molecule has 2 heteroatoms. The lowest BCUT2D eigenvalue weighted by atomic mass is 10.00. The van der Waals surface area contributed by atoms with Gasteiger partial charge in [-0.3, -0.25) is 0 Å². The van der Waals surface area contributed by atoms with Gasteiger partial charge in [-0.25, -0.2) is 0 Å². The van der Waals surface area contributed by atoms with Gasteiger partial charge in [-0.1, -0.05) is 53.6 Å². The molecule has 0 fully saturated rings. The number of furan rings is 1. The monoisotopic (exact) mass is 305 g/mol. The zero-order valence-corrected chi connectivity index (χ0v) is 14.0. The number of hydrogen-bond acceptors (Lipinski definition) is 2. The molecule has 3 rings (SSSR count). The molecule has 0 amide bonds. The molecule has 0 spiro atoms. The Morgan fingerprint density at radius 3 is 2.48 bits per heavy atom. The second kappa shape index (κ2) is 6.84. The maximum absolute atomic E-state index is 6.13. The summed E-state index contributed by atoms with van der Waals surface area (Å²) in [5.41, 5.74) is 5.89. The minimum absolute atomic E-state index is 0.723. The van der Waals surface area contributed by atoms with E-state index in [0.29, 0.717) is 0 Å². The Labute approximate surface area is 137 Å². The van der Waals surface area contributed by atoms with Gasteiger partial charge in [0.2, 0.25) is 0 Å². The number of fused-ring (bicyclic) bond motifs is 1. The van der Waals surface area contributed by atoms with Crippen LogP contribution in [0.25, 0.3) is 22.1 Å². The lowest BCUT2D eigenvalue weighted by molar-refractivity contribution is 0.526. The van der Waals surface area contributed by atoms with Crippen LogP contribution in [0.3, 0.4) is 0 Å². The zero-order valence-electron chi connectivity index (χ0n) is 14.0. The Balaban J connectivity index is 2.07. The van der Waals surface area contributed by atoms with Gasteiger partial charge in [-0.15, -0.1) is 0 Å². The third-order valence-corrected chi connectivity index (χ3v) is 4.04. The smallest absolute Gasteiger partial charge is 0.135 e. The molecule has 0 aliphatic carbocycles. The van der Waals surface area contributed by atoms with Crippen molar-refractivity contribution in [2.45, 2.75) is 27.3 Å². The van der Waals surface area contributed by atoms with Crippen LogP contribution in [0, 0.1) is 13.8 Å². The molecule has 1 N–H and O–H groups in total. The van der Waals surface area contributed by atoms with Crippen LogP contribution < -0.4 is 5.32 Å². The van der Waals surface area contributed by atoms with E-state index in [1.807, 2.05) is 6.92 Å². The van der Waals surface area contributed by atoms with E-state index < -0.39 is 0 Å². The SMILES string of the molecule is C/C=C/CNCc1oc2ccc(C)cc2c1-c1ccc(C)cc1. The van der Waals surface area contributed by atoms with E-state index in [0.717, 1.165) is 24.4 Å². The molecule has 2 nitrogen and oxygen atoms in total. The summed E-state index contributed by atoms with van der Waals surface area (Å²) in [4.78, 5) is 0. The maximum Gasteiger partial charge on any atom is 0.135 e. The van der Waals surface area contributed by atoms with Gasteiger partial charge in [0, 0.05) is 17.5 Å². The predicted molar refractivity (Wildman–Crippen MR) is 97.6 cm³/mol. The fourth-order valence-corrected chi connectivity index (χ4v) is 2.81. The van der Waals surface area contributed by atoms with E-state index in [2.05, 4.69) is 73.8 Å². The summed E-state index contributed by atoms with van der Waals surface area (Å²) < 4.78 is 6.13. The van der Waals surface area contributed by atoms with Crippen molar-refractivity contribution in [2.24, 2.45) is 0 Å². The molecule has 0 atom stereocenters. The molecule has 0 saturated carbocycles. The first-order valence-corrected chi connectivity index (χ1v) is 8.10. The van der Waals surface area contributed by atoms with Gasteiger partial charge in [-0.2, -0.15) is 0 Å². The summed E-state index contributed by atoms with van der Waals surface area (Å²) in [5.74, 6) is 0.999. The molecule has 2 aromatic carbocycles. The first kappa shape index (κ1) is 15.6. The second-order valence-electron chi connectivity index (χ2n) is 5.97. The van der Waals surface area contributed by atoms with Crippen LogP contribution >= 0.6 is 0 Å². The number of rotatable bonds is 5. The highest BCUT2D eigenvalue weighted by Gasteiger charge is 2.15. The fourth-order valence-electron chi connectivity index (χ4n) is 2.81. The van der Waals surface area contributed by atoms with E-state index in [9.17, 15) is 0 Å². The maximum atomic E-state index is 6.13. The van der Waals surface area contributed by atoms with E-state index in [1.165, 1.54) is 27.6 Å². The van der Waals surface area contributed by atoms with Crippen LogP contribution in [-0.2, 0) is 6.54 Å². The number of aryl methyl sites for hydroxylation is 2. The average Bonchev–Trinajstić information content (AvgIpc) is 2.90. The van der Waals surface area contributed by atoms with Gasteiger partial charge in [0.1, 0.15) is 11.3 Å². The van der Waals surface area contributed by atoms with Crippen LogP contribution in [-0.4, -0.2) is 6.54 Å². The Morgan fingerprint density at radius 1 is 1.00 bits per heavy atom. The fraction of sp³-hybridized carbons (Fsp3) is 0.238. The molecule has 3 aromatic rings. The summed E-state index contributed by atoms with van der Waals surface area (Å²) >= 11 is 0. The van der Waals surface area contributed by atoms with Crippen molar-refractivity contribution in [3.63, 3.8) is 0 Å². The first-order chi connectivity index (χ1) is 11.2. The van der Waals surface area contributed by atoms with Crippen LogP contribution in [0.1, 0.15) is 23.8 Å². The molecule has 0 radical (unpaired) electrons. The van der Waals surface area contributed by atoms with Crippen molar-refractivity contribution in [3.8, 4) is 11.1 Å². The summed E-state index contributed by atoms with van der Waals surface area (Å²) in [5, 5.41) is 4.61. The Hall–Kier alpha value is -2.32. The Kier molecular flexibility index (Phi) is 4.63. The minimum Gasteiger partial charge on any atom is -0.459 e. The van der Waals surface area contributed by atoms with Gasteiger partial charge < -0.3 is 9.73 Å². The molecule has 0 bridgehead atoms. The average molecular weight is 305 g/mol. The summed E-state index contributed by atoms with van der Waals surface area (Å²) in [6, 6.07) is 15.0. The number of nitrogens with one attached hydrogen (secondary N) is 1. The summed E-state index contributed by atoms with van der Waals surface area (Å²) in [6.45, 7) is 7.83. The van der Waals surface area contributed by atoms with Crippen LogP contribution in [0.4, 0.5) is 0 Å². The van der Waals surface area contributed by atoms with Gasteiger partial charge >= 0.3 is 0 Å². The topological polar surface area (TPSA) is 25.2 Å². The molecular formula is C21H23NO. The molecule has 0 aliphatic rings. The number of allylic oxidation sites excluding steroid dienone is 1. The van der Waals surface area contributed by atoms with Gasteiger partial charge in [0.15, 0.2) is 0 Å². The van der Waals surface area contributed by atoms with Crippen molar-refractivity contribution in [1.29, 1.82) is 0 Å². The lowest BCUT2D eigenvalue weighted by Gasteiger charge is -2.05. The quantitative estimate of drug-likeness (QED) is 0.505. The van der Waals surface area contributed by atoms with E-state index in [4.69, 9.17) is 4.42 Å². The molecule has 23 heavy (non-hydrogen) atoms. The first-order valence-electron chi connectivity index (χ1n) is 8.10. The molecular weight excluding hydrogens is 282 g/mol. The molecule has 0 saturated heterocycles. The minimum atomic E-state index is 0.723. The molecule has 1 heterocycles. The van der Waals surface area contributed by atoms with Gasteiger partial charge in [-0.05, 0) is 38.5 Å². The van der Waals surface area contributed by atoms with E-state index >= 15 is 0 Å². The van der Waals surface area contributed by atoms with Crippen LogP contribution in [0.15, 0.2) is 59.0 Å². The van der Waals surface area contributed by atoms with Gasteiger partial charge in [0.25, 0.3) is 0 Å². The van der Waals surface area contributed by atoms with Crippen molar-refractivity contribution >= 4 is 11.0 Å². The zero-order chi connectivity index (χ0) is 16.2. The van der Waals surface area contributed by atoms with Crippen molar-refractivity contribution in [2.75, 3.05) is 6.54 Å². The van der Waals surface area contributed by atoms with Crippen molar-refractivity contribution in [3.05, 3.63) is 71.5 Å². The Morgan fingerprint density at radius 2 is 1.74 bits per heavy atom. The molecule has 0 aliphatic heterocycles. The van der Waals surface area contributed by atoms with Crippen molar-refractivity contribution in [1.82, 2.24) is 5.32 Å². The van der Waals surface area contributed by atoms with E-state index in [-0.39, 0.29) is 0 Å². The third-order valence-electron chi connectivity index (χ3n) is 4.04. The summed E-state index contributed by atoms with van der Waals surface area (Å²) in [6.07, 6.45) is 4.16. The van der Waals surface area contributed by atoms with Crippen LogP contribution in [0.5, 0.6) is 0 Å². The summed E-state index contributed by atoms with van der Waals surface area (Å²) in [7, 11) is 0. The number of hydrogen-bond donors (Lipinski definition) is 1. The predicted octanol–water partition coefficient (Wildman–Crippen LogP) is 5.38. The molecule has 118 valence electrons. The standard InChI is InChI=1S/C21H23NO/c1-4-5-12-22-14-20-21(17-9-6-15(2)7-10-17)18-13-16(3)8-11-19(18)23-20/h4-11,13,22H,12,14H2,1-3H3/b5-4+. The highest BCUT2D eigenvalue weighted by atomic mass is 16.3. The lowest BCUT2D eigenvalue weighted by Crippen LogP contribution is -2.12. The molecule has 0 unspecified atom stereocenters. The van der Waals surface area contributed by atoms with Crippen molar-refractivity contribution < 1.29 is 4.42 Å². The normalized spacial score (nSPS) is 11.6. The Bertz CT molecular complexity index is 825. The van der Waals surface area contributed by atoms with E-state index in [1.54, 1.807) is 0 Å². The third kappa shape index (κ3) is 3.38. The van der Waals surface area contributed by atoms with Gasteiger partial charge in [0.05, 0.1) is 6.54 Å². The van der Waals surface area contributed by atoms with Crippen LogP contribution in [0.2, 0.25) is 0 Å². The number of benzene rings is 2. The largest absolute Gasteiger partial charge is 0.459 e. The highest BCUT2D eigenvalue weighted by Crippen LogP contribution is 2.35. The highest BCUT2D eigenvalue weighted by molar-refractivity contribution is 5.96.